The predicted octanol–water partition coefficient (Wildman–Crippen LogP) is 2.75. The first-order valence-corrected chi connectivity index (χ1v) is 16.6. The van der Waals surface area contributed by atoms with E-state index in [1.54, 1.807) is 11.0 Å². The van der Waals surface area contributed by atoms with Crippen molar-refractivity contribution in [2.75, 3.05) is 23.4 Å². The number of hydrogen-bond acceptors (Lipinski definition) is 8. The van der Waals surface area contributed by atoms with Crippen molar-refractivity contribution in [3.8, 4) is 5.75 Å². The molecule has 218 valence electrons. The van der Waals surface area contributed by atoms with E-state index in [-0.39, 0.29) is 58.1 Å². The van der Waals surface area contributed by atoms with Gasteiger partial charge in [0.05, 0.1) is 19.1 Å². The zero-order valence-electron chi connectivity index (χ0n) is 22.3. The van der Waals surface area contributed by atoms with E-state index < -0.39 is 43.6 Å². The highest BCUT2D eigenvalue weighted by Gasteiger charge is 2.58. The third-order valence-corrected chi connectivity index (χ3v) is 10.5. The maximum absolute atomic E-state index is 14.1. The molecule has 4 fully saturated rings. The average molecular weight is 605 g/mol. The topological polar surface area (TPSA) is 151 Å². The standard InChI is InChI=1S/C27H29FN4O7S2/c1-39-20-11-14(3-9-18(20)28)13-32-24-16-6-4-15(5-7-16)22(24)25(33)23(27(32)34)26-29-19-10-8-17(30-40(2,35)36)12-21(19)41(37,38)31-26/h3,8-12,15-16,22-24,30H,4-7,13H2,1-2H3,(H,29,31). The summed E-state index contributed by atoms with van der Waals surface area (Å²) in [6, 6.07) is 7.87. The molecule has 2 aromatic carbocycles. The van der Waals surface area contributed by atoms with E-state index in [9.17, 15) is 30.8 Å². The molecule has 14 heteroatoms. The first-order chi connectivity index (χ1) is 19.4. The Morgan fingerprint density at radius 1 is 1.10 bits per heavy atom. The minimum absolute atomic E-state index is 0.0297. The maximum atomic E-state index is 14.1. The first kappa shape index (κ1) is 27.6. The number of fused-ring (bicyclic) bond motifs is 3. The molecule has 0 spiro atoms. The Balaban J connectivity index is 1.39. The van der Waals surface area contributed by atoms with Crippen molar-refractivity contribution in [2.24, 2.45) is 28.1 Å². The van der Waals surface area contributed by atoms with E-state index in [4.69, 9.17) is 4.74 Å². The molecule has 3 atom stereocenters. The van der Waals surface area contributed by atoms with Crippen LogP contribution in [0.2, 0.25) is 0 Å². The Morgan fingerprint density at radius 2 is 1.80 bits per heavy atom. The zero-order chi connectivity index (χ0) is 29.3. The van der Waals surface area contributed by atoms with Crippen molar-refractivity contribution in [3.63, 3.8) is 0 Å². The van der Waals surface area contributed by atoms with Gasteiger partial charge in [0.2, 0.25) is 15.9 Å². The summed E-state index contributed by atoms with van der Waals surface area (Å²) in [5, 5.41) is 2.88. The number of nitrogens with one attached hydrogen (secondary N) is 2. The third-order valence-electron chi connectivity index (χ3n) is 8.56. The molecule has 3 aliphatic carbocycles. The number of Topliss-reactive ketones (excluding diaryl/α,β-unsaturated/α-hetero) is 1. The second-order valence-electron chi connectivity index (χ2n) is 11.1. The quantitative estimate of drug-likeness (QED) is 0.478. The molecule has 41 heavy (non-hydrogen) atoms. The highest BCUT2D eigenvalue weighted by Crippen LogP contribution is 2.51. The number of methoxy groups -OCH3 is 1. The number of sulfonamides is 2. The number of hydrogen-bond donors (Lipinski definition) is 2. The van der Waals surface area contributed by atoms with Crippen molar-refractivity contribution in [2.45, 2.75) is 43.2 Å². The molecular formula is C27H29FN4O7S2. The lowest BCUT2D eigenvalue weighted by atomic mass is 9.57. The lowest BCUT2D eigenvalue weighted by molar-refractivity contribution is -0.162. The number of carbonyl (C=O) groups is 2. The summed E-state index contributed by atoms with van der Waals surface area (Å²) >= 11 is 0. The number of nitrogens with zero attached hydrogens (tertiary/aromatic N) is 2. The number of amides is 1. The second kappa shape index (κ2) is 9.79. The molecule has 11 nitrogen and oxygen atoms in total. The number of rotatable bonds is 6. The monoisotopic (exact) mass is 604 g/mol. The Bertz CT molecular complexity index is 1700. The maximum Gasteiger partial charge on any atom is 0.286 e. The summed E-state index contributed by atoms with van der Waals surface area (Å²) < 4.78 is 75.1. The van der Waals surface area contributed by atoms with E-state index in [0.29, 0.717) is 5.56 Å². The minimum Gasteiger partial charge on any atom is -0.494 e. The van der Waals surface area contributed by atoms with Crippen LogP contribution in [0.25, 0.3) is 0 Å². The van der Waals surface area contributed by atoms with Crippen LogP contribution in [0.5, 0.6) is 5.75 Å². The number of likely N-dealkylation sites (tertiary alicyclic amines) is 1. The van der Waals surface area contributed by atoms with Crippen LogP contribution in [0, 0.1) is 29.5 Å². The molecule has 2 N–H and O–H groups in total. The summed E-state index contributed by atoms with van der Waals surface area (Å²) in [6.07, 6.45) is 4.44. The van der Waals surface area contributed by atoms with Gasteiger partial charge in [-0.05, 0) is 73.4 Å². The van der Waals surface area contributed by atoms with Crippen molar-refractivity contribution in [1.82, 2.24) is 4.90 Å². The smallest absolute Gasteiger partial charge is 0.286 e. The molecule has 2 heterocycles. The van der Waals surface area contributed by atoms with Crippen molar-refractivity contribution in [1.29, 1.82) is 0 Å². The van der Waals surface area contributed by atoms with Gasteiger partial charge in [-0.15, -0.1) is 4.40 Å². The van der Waals surface area contributed by atoms with Crippen LogP contribution in [0.1, 0.15) is 31.2 Å². The zero-order valence-corrected chi connectivity index (χ0v) is 24.0. The van der Waals surface area contributed by atoms with Crippen LogP contribution < -0.4 is 14.8 Å². The summed E-state index contributed by atoms with van der Waals surface area (Å²) in [5.74, 6) is -3.43. The van der Waals surface area contributed by atoms with Crippen molar-refractivity contribution in [3.05, 3.63) is 47.8 Å². The van der Waals surface area contributed by atoms with Gasteiger partial charge in [0.15, 0.2) is 23.3 Å². The fourth-order valence-electron chi connectivity index (χ4n) is 6.91. The predicted molar refractivity (Wildman–Crippen MR) is 148 cm³/mol. The number of anilines is 2. The Hall–Kier alpha value is -3.52. The summed E-state index contributed by atoms with van der Waals surface area (Å²) in [6.45, 7) is 0.0980. The molecule has 1 saturated heterocycles. The van der Waals surface area contributed by atoms with Gasteiger partial charge in [0.25, 0.3) is 10.0 Å². The van der Waals surface area contributed by atoms with Gasteiger partial charge in [-0.2, -0.15) is 8.42 Å². The van der Waals surface area contributed by atoms with Gasteiger partial charge < -0.3 is 15.0 Å². The van der Waals surface area contributed by atoms with Crippen molar-refractivity contribution < 1.29 is 35.6 Å². The average Bonchev–Trinajstić information content (AvgIpc) is 2.91. The van der Waals surface area contributed by atoms with E-state index in [0.717, 1.165) is 38.0 Å². The summed E-state index contributed by atoms with van der Waals surface area (Å²) in [4.78, 5) is 29.5. The molecule has 2 bridgehead atoms. The Kier molecular flexibility index (Phi) is 6.60. The largest absolute Gasteiger partial charge is 0.494 e. The minimum atomic E-state index is -4.39. The van der Waals surface area contributed by atoms with Gasteiger partial charge in [-0.1, -0.05) is 6.07 Å². The number of amidine groups is 1. The molecule has 3 saturated carbocycles. The lowest BCUT2D eigenvalue weighted by Crippen LogP contribution is -2.66. The van der Waals surface area contributed by atoms with Gasteiger partial charge >= 0.3 is 0 Å². The van der Waals surface area contributed by atoms with Crippen LogP contribution in [0.15, 0.2) is 45.7 Å². The van der Waals surface area contributed by atoms with Crippen molar-refractivity contribution >= 4 is 48.9 Å². The fourth-order valence-corrected chi connectivity index (χ4v) is 8.65. The van der Waals surface area contributed by atoms with Crippen LogP contribution in [-0.2, 0) is 36.2 Å². The molecule has 3 unspecified atom stereocenters. The Labute approximate surface area is 237 Å². The molecular weight excluding hydrogens is 575 g/mol. The number of ether oxygens (including phenoxy) is 1. The molecule has 7 rings (SSSR count). The highest BCUT2D eigenvalue weighted by atomic mass is 32.2. The molecule has 0 aromatic heterocycles. The Morgan fingerprint density at radius 3 is 2.49 bits per heavy atom. The molecule has 2 aliphatic heterocycles. The molecule has 2 aromatic rings. The van der Waals surface area contributed by atoms with E-state index in [1.807, 2.05) is 0 Å². The SMILES string of the molecule is COc1cc(CN2C(=O)C(C3=NS(=O)(=O)c4cc(NS(C)(=O)=O)ccc4N3)C(=O)C3C4CCC(CC4)C32)ccc1F. The number of halogens is 1. The second-order valence-corrected chi connectivity index (χ2v) is 14.4. The third kappa shape index (κ3) is 4.86. The van der Waals surface area contributed by atoms with Crippen LogP contribution in [0.3, 0.4) is 0 Å². The normalized spacial score (nSPS) is 28.3. The van der Waals surface area contributed by atoms with Gasteiger partial charge in [0, 0.05) is 24.2 Å². The molecule has 1 amide bonds. The molecule has 5 aliphatic rings. The number of ketones is 1. The van der Waals surface area contributed by atoms with E-state index in [1.165, 1.54) is 31.4 Å². The van der Waals surface area contributed by atoms with Crippen LogP contribution in [0.4, 0.5) is 15.8 Å². The summed E-state index contributed by atoms with van der Waals surface area (Å²) in [5.41, 5.74) is 0.728. The first-order valence-electron chi connectivity index (χ1n) is 13.3. The van der Waals surface area contributed by atoms with Gasteiger partial charge in [-0.3, -0.25) is 14.3 Å². The fraction of sp³-hybridized carbons (Fsp3) is 0.444. The summed E-state index contributed by atoms with van der Waals surface area (Å²) in [7, 11) is -6.70. The number of piperidine rings is 1. The van der Waals surface area contributed by atoms with Gasteiger partial charge in [-0.25, -0.2) is 12.8 Å². The highest BCUT2D eigenvalue weighted by molar-refractivity contribution is 7.92. The molecule has 0 radical (unpaired) electrons. The van der Waals surface area contributed by atoms with Crippen LogP contribution in [-0.4, -0.2) is 58.7 Å². The number of carbonyl (C=O) groups excluding carboxylic acids is 2. The number of benzene rings is 2. The van der Waals surface area contributed by atoms with Crippen LogP contribution >= 0.6 is 0 Å². The van der Waals surface area contributed by atoms with E-state index >= 15 is 0 Å². The van der Waals surface area contributed by atoms with Gasteiger partial charge in [0.1, 0.15) is 10.7 Å². The van der Waals surface area contributed by atoms with E-state index in [2.05, 4.69) is 14.4 Å². The lowest BCUT2D eigenvalue weighted by Gasteiger charge is -2.55.